The molecule has 1 aromatic heterocycles. The summed E-state index contributed by atoms with van der Waals surface area (Å²) < 4.78 is 10.9. The molecule has 4 rings (SSSR count). The van der Waals surface area contributed by atoms with Gasteiger partial charge in [0.05, 0.1) is 38.0 Å². The molecule has 2 aliphatic rings. The van der Waals surface area contributed by atoms with Crippen LogP contribution >= 0.6 is 0 Å². The number of hydrogen-bond acceptors (Lipinski definition) is 5. The summed E-state index contributed by atoms with van der Waals surface area (Å²) in [7, 11) is 0. The molecule has 2 unspecified atom stereocenters. The average Bonchev–Trinajstić information content (AvgIpc) is 3.38. The number of carbonyl (C=O) groups is 2. The van der Waals surface area contributed by atoms with E-state index in [2.05, 4.69) is 10.6 Å². The lowest BCUT2D eigenvalue weighted by Crippen LogP contribution is -2.47. The van der Waals surface area contributed by atoms with Crippen molar-refractivity contribution in [2.75, 3.05) is 19.7 Å². The lowest BCUT2D eigenvalue weighted by atomic mass is 10.0. The molecular formula is C21H25N3O4. The minimum absolute atomic E-state index is 0.0497. The molecule has 1 saturated heterocycles. The molecule has 2 atom stereocenters. The number of benzene rings is 1. The number of ether oxygens (including phenoxy) is 1. The molecular weight excluding hydrogens is 358 g/mol. The summed E-state index contributed by atoms with van der Waals surface area (Å²) >= 11 is 0. The number of nitrogens with one attached hydrogen (secondary N) is 2. The highest BCUT2D eigenvalue weighted by Crippen LogP contribution is 2.31. The van der Waals surface area contributed by atoms with E-state index in [0.29, 0.717) is 18.9 Å². The number of likely N-dealkylation sites (tertiary alicyclic amines) is 1. The van der Waals surface area contributed by atoms with Crippen LogP contribution in [0.15, 0.2) is 47.1 Å². The summed E-state index contributed by atoms with van der Waals surface area (Å²) in [6.45, 7) is 1.92. The lowest BCUT2D eigenvalue weighted by Gasteiger charge is -2.28. The largest absolute Gasteiger partial charge is 0.493 e. The molecule has 0 bridgehead atoms. The first kappa shape index (κ1) is 18.6. The third kappa shape index (κ3) is 4.20. The molecule has 7 nitrogen and oxygen atoms in total. The number of carbonyl (C=O) groups excluding carboxylic acids is 2. The first-order chi connectivity index (χ1) is 13.7. The highest BCUT2D eigenvalue weighted by Gasteiger charge is 2.32. The summed E-state index contributed by atoms with van der Waals surface area (Å²) in [5, 5.41) is 6.01. The van der Waals surface area contributed by atoms with E-state index in [-0.39, 0.29) is 30.4 Å². The Morgan fingerprint density at radius 1 is 1.14 bits per heavy atom. The van der Waals surface area contributed by atoms with Crippen molar-refractivity contribution >= 4 is 11.8 Å². The fourth-order valence-electron chi connectivity index (χ4n) is 3.93. The summed E-state index contributed by atoms with van der Waals surface area (Å²) in [6.07, 6.45) is 4.00. The Balaban J connectivity index is 1.32. The van der Waals surface area contributed by atoms with Gasteiger partial charge in [0.15, 0.2) is 0 Å². The molecule has 2 amide bonds. The van der Waals surface area contributed by atoms with Crippen molar-refractivity contribution in [3.05, 3.63) is 54.0 Å². The van der Waals surface area contributed by atoms with Gasteiger partial charge in [-0.25, -0.2) is 0 Å². The van der Waals surface area contributed by atoms with Gasteiger partial charge in [-0.1, -0.05) is 18.2 Å². The van der Waals surface area contributed by atoms with Crippen molar-refractivity contribution in [2.24, 2.45) is 0 Å². The number of nitrogens with zero attached hydrogens (tertiary/aromatic N) is 1. The van der Waals surface area contributed by atoms with Gasteiger partial charge >= 0.3 is 0 Å². The van der Waals surface area contributed by atoms with Gasteiger partial charge in [0.2, 0.25) is 11.8 Å². The molecule has 0 radical (unpaired) electrons. The van der Waals surface area contributed by atoms with Crippen LogP contribution in [0.5, 0.6) is 5.75 Å². The number of amides is 2. The van der Waals surface area contributed by atoms with E-state index >= 15 is 0 Å². The second-order valence-electron chi connectivity index (χ2n) is 7.22. The van der Waals surface area contributed by atoms with Crippen molar-refractivity contribution in [3.63, 3.8) is 0 Å². The summed E-state index contributed by atoms with van der Waals surface area (Å²) in [6, 6.07) is 11.1. The molecule has 0 saturated carbocycles. The van der Waals surface area contributed by atoms with Gasteiger partial charge in [-0.15, -0.1) is 0 Å². The van der Waals surface area contributed by atoms with Crippen molar-refractivity contribution in [1.29, 1.82) is 0 Å². The quantitative estimate of drug-likeness (QED) is 0.797. The standard InChI is InChI=1S/C21H25N3O4/c25-20(23-17-9-12-28-19-8-2-1-6-16(17)19)14-24-10-3-7-18(24)21(26)22-13-15-5-4-11-27-15/h1-2,4-6,8,11,17-18H,3,7,9-10,12-14H2,(H,22,26)(H,23,25). The second-order valence-corrected chi connectivity index (χ2v) is 7.22. The number of fused-ring (bicyclic) bond motifs is 1. The van der Waals surface area contributed by atoms with Crippen LogP contribution in [0.4, 0.5) is 0 Å². The van der Waals surface area contributed by atoms with E-state index in [1.54, 1.807) is 12.3 Å². The van der Waals surface area contributed by atoms with Crippen LogP contribution in [-0.2, 0) is 16.1 Å². The van der Waals surface area contributed by atoms with E-state index in [1.807, 2.05) is 35.2 Å². The SMILES string of the molecule is O=C(CN1CCCC1C(=O)NCc1ccco1)NC1CCOc2ccccc21. The van der Waals surface area contributed by atoms with Crippen LogP contribution in [0, 0.1) is 0 Å². The Kier molecular flexibility index (Phi) is 5.62. The fraction of sp³-hybridized carbons (Fsp3) is 0.429. The van der Waals surface area contributed by atoms with Crippen LogP contribution in [0.25, 0.3) is 0 Å². The molecule has 1 fully saturated rings. The van der Waals surface area contributed by atoms with Crippen molar-refractivity contribution in [2.45, 2.75) is 37.9 Å². The van der Waals surface area contributed by atoms with Crippen LogP contribution < -0.4 is 15.4 Å². The summed E-state index contributed by atoms with van der Waals surface area (Å²) in [5.41, 5.74) is 1.01. The van der Waals surface area contributed by atoms with Gasteiger partial charge in [0.1, 0.15) is 11.5 Å². The number of hydrogen-bond donors (Lipinski definition) is 2. The normalized spacial score (nSPS) is 21.6. The Morgan fingerprint density at radius 3 is 2.89 bits per heavy atom. The summed E-state index contributed by atoms with van der Waals surface area (Å²) in [5.74, 6) is 1.43. The van der Waals surface area contributed by atoms with Crippen LogP contribution in [-0.4, -0.2) is 42.5 Å². The van der Waals surface area contributed by atoms with Crippen molar-refractivity contribution < 1.29 is 18.7 Å². The van der Waals surface area contributed by atoms with E-state index in [1.165, 1.54) is 0 Å². The predicted octanol–water partition coefficient (Wildman–Crippen LogP) is 2.00. The molecule has 0 spiro atoms. The summed E-state index contributed by atoms with van der Waals surface area (Å²) in [4.78, 5) is 27.1. The van der Waals surface area contributed by atoms with Gasteiger partial charge in [0, 0.05) is 12.0 Å². The van der Waals surface area contributed by atoms with E-state index in [0.717, 1.165) is 37.1 Å². The molecule has 148 valence electrons. The van der Waals surface area contributed by atoms with Crippen LogP contribution in [0.3, 0.4) is 0 Å². The van der Waals surface area contributed by atoms with E-state index in [4.69, 9.17) is 9.15 Å². The zero-order chi connectivity index (χ0) is 19.3. The zero-order valence-corrected chi connectivity index (χ0v) is 15.7. The number of para-hydroxylation sites is 1. The molecule has 3 heterocycles. The van der Waals surface area contributed by atoms with Gasteiger partial charge in [0.25, 0.3) is 0 Å². The smallest absolute Gasteiger partial charge is 0.237 e. The Labute approximate surface area is 164 Å². The fourth-order valence-corrected chi connectivity index (χ4v) is 3.93. The molecule has 0 aliphatic carbocycles. The maximum atomic E-state index is 12.6. The Bertz CT molecular complexity index is 821. The molecule has 28 heavy (non-hydrogen) atoms. The third-order valence-electron chi connectivity index (χ3n) is 5.32. The number of rotatable bonds is 6. The van der Waals surface area contributed by atoms with Gasteiger partial charge in [-0.05, 0) is 37.6 Å². The monoisotopic (exact) mass is 383 g/mol. The zero-order valence-electron chi connectivity index (χ0n) is 15.7. The lowest BCUT2D eigenvalue weighted by molar-refractivity contribution is -0.128. The topological polar surface area (TPSA) is 83.8 Å². The second kappa shape index (κ2) is 8.48. The maximum absolute atomic E-state index is 12.6. The first-order valence-corrected chi connectivity index (χ1v) is 9.76. The highest BCUT2D eigenvalue weighted by molar-refractivity contribution is 5.84. The first-order valence-electron chi connectivity index (χ1n) is 9.76. The van der Waals surface area contributed by atoms with E-state index < -0.39 is 0 Å². The van der Waals surface area contributed by atoms with E-state index in [9.17, 15) is 9.59 Å². The molecule has 2 aromatic rings. The molecule has 2 N–H and O–H groups in total. The van der Waals surface area contributed by atoms with Crippen molar-refractivity contribution in [3.8, 4) is 5.75 Å². The molecule has 2 aliphatic heterocycles. The molecule has 7 heteroatoms. The third-order valence-corrected chi connectivity index (χ3v) is 5.32. The van der Waals surface area contributed by atoms with Gasteiger partial charge < -0.3 is 19.8 Å². The van der Waals surface area contributed by atoms with Gasteiger partial charge in [-0.3, -0.25) is 14.5 Å². The van der Waals surface area contributed by atoms with Crippen LogP contribution in [0.2, 0.25) is 0 Å². The van der Waals surface area contributed by atoms with Crippen LogP contribution in [0.1, 0.15) is 36.6 Å². The van der Waals surface area contributed by atoms with Gasteiger partial charge in [-0.2, -0.15) is 0 Å². The molecule has 1 aromatic carbocycles. The Hall–Kier alpha value is -2.80. The highest BCUT2D eigenvalue weighted by atomic mass is 16.5. The predicted molar refractivity (Wildman–Crippen MR) is 103 cm³/mol. The Morgan fingerprint density at radius 2 is 2.04 bits per heavy atom. The minimum Gasteiger partial charge on any atom is -0.493 e. The number of furan rings is 1. The average molecular weight is 383 g/mol. The van der Waals surface area contributed by atoms with Crippen molar-refractivity contribution in [1.82, 2.24) is 15.5 Å². The minimum atomic E-state index is -0.275. The maximum Gasteiger partial charge on any atom is 0.237 e.